The zero-order valence-electron chi connectivity index (χ0n) is 15.3. The minimum atomic E-state index is 0.0307. The third-order valence-electron chi connectivity index (χ3n) is 4.20. The maximum Gasteiger partial charge on any atom is 0.230 e. The molecule has 2 aromatic carbocycles. The van der Waals surface area contributed by atoms with Crippen LogP contribution in [0.15, 0.2) is 42.5 Å². The molecule has 1 aliphatic rings. The Morgan fingerprint density at radius 1 is 1.31 bits per heavy atom. The quantitative estimate of drug-likeness (QED) is 0.763. The van der Waals surface area contributed by atoms with Crippen molar-refractivity contribution in [1.29, 1.82) is 0 Å². The van der Waals surface area contributed by atoms with E-state index in [1.807, 2.05) is 37.3 Å². The van der Waals surface area contributed by atoms with Gasteiger partial charge in [-0.3, -0.25) is 4.79 Å². The Morgan fingerprint density at radius 3 is 2.88 bits per heavy atom. The molecule has 0 spiro atoms. The highest BCUT2D eigenvalue weighted by Gasteiger charge is 2.22. The van der Waals surface area contributed by atoms with Gasteiger partial charge in [-0.1, -0.05) is 30.3 Å². The first-order valence-electron chi connectivity index (χ1n) is 8.99. The molecule has 1 aliphatic heterocycles. The van der Waals surface area contributed by atoms with E-state index in [0.717, 1.165) is 29.2 Å². The number of rotatable bonds is 8. The van der Waals surface area contributed by atoms with Crippen molar-refractivity contribution < 1.29 is 14.3 Å². The Balaban J connectivity index is 1.53. The summed E-state index contributed by atoms with van der Waals surface area (Å²) in [6, 6.07) is 14.2. The van der Waals surface area contributed by atoms with Crippen LogP contribution in [0.1, 0.15) is 30.5 Å². The van der Waals surface area contributed by atoms with Crippen molar-refractivity contribution in [3.63, 3.8) is 0 Å². The van der Waals surface area contributed by atoms with E-state index in [0.29, 0.717) is 18.9 Å². The normalized spacial score (nSPS) is 15.2. The molecule has 1 amide bonds. The van der Waals surface area contributed by atoms with Gasteiger partial charge in [0.1, 0.15) is 17.6 Å². The van der Waals surface area contributed by atoms with Crippen LogP contribution in [0, 0.1) is 0 Å². The largest absolute Gasteiger partial charge is 0.494 e. The van der Waals surface area contributed by atoms with Crippen LogP contribution in [0.3, 0.4) is 0 Å². The van der Waals surface area contributed by atoms with Gasteiger partial charge in [-0.15, -0.1) is 11.8 Å². The highest BCUT2D eigenvalue weighted by Crippen LogP contribution is 2.35. The Hall–Kier alpha value is -2.14. The molecule has 0 radical (unpaired) electrons. The lowest BCUT2D eigenvalue weighted by atomic mass is 10.1. The molecule has 5 heteroatoms. The lowest BCUT2D eigenvalue weighted by Gasteiger charge is -2.13. The fraction of sp³-hybridized carbons (Fsp3) is 0.381. The van der Waals surface area contributed by atoms with Gasteiger partial charge in [0.25, 0.3) is 0 Å². The summed E-state index contributed by atoms with van der Waals surface area (Å²) in [6.07, 6.45) is 1.09. The van der Waals surface area contributed by atoms with Crippen molar-refractivity contribution >= 4 is 17.7 Å². The fourth-order valence-corrected chi connectivity index (χ4v) is 3.81. The molecule has 3 rings (SSSR count). The molecule has 0 unspecified atom stereocenters. The van der Waals surface area contributed by atoms with Crippen molar-refractivity contribution in [2.75, 3.05) is 12.4 Å². The smallest absolute Gasteiger partial charge is 0.230 e. The second-order valence-corrected chi connectivity index (χ2v) is 7.37. The van der Waals surface area contributed by atoms with Gasteiger partial charge in [-0.25, -0.2) is 0 Å². The summed E-state index contributed by atoms with van der Waals surface area (Å²) in [7, 11) is 0. The SMILES string of the molecule is CCOc1cc2c(cc1CNC(=O)CSCc1ccccc1)O[C@H](C)C2. The summed E-state index contributed by atoms with van der Waals surface area (Å²) < 4.78 is 11.6. The summed E-state index contributed by atoms with van der Waals surface area (Å²) in [5.74, 6) is 3.05. The zero-order chi connectivity index (χ0) is 18.4. The van der Waals surface area contributed by atoms with Gasteiger partial charge in [0.2, 0.25) is 5.91 Å². The average Bonchev–Trinajstić information content (AvgIpc) is 3.00. The van der Waals surface area contributed by atoms with Gasteiger partial charge in [-0.05, 0) is 31.5 Å². The maximum absolute atomic E-state index is 12.2. The lowest BCUT2D eigenvalue weighted by Crippen LogP contribution is -2.25. The first kappa shape index (κ1) is 18.6. The number of carbonyl (C=O) groups excluding carboxylic acids is 1. The minimum absolute atomic E-state index is 0.0307. The van der Waals surface area contributed by atoms with E-state index in [2.05, 4.69) is 24.4 Å². The molecule has 0 aliphatic carbocycles. The number of hydrogen-bond donors (Lipinski definition) is 1. The number of benzene rings is 2. The topological polar surface area (TPSA) is 47.6 Å². The number of hydrogen-bond acceptors (Lipinski definition) is 4. The van der Waals surface area contributed by atoms with Crippen LogP contribution in [0.2, 0.25) is 0 Å². The van der Waals surface area contributed by atoms with Gasteiger partial charge >= 0.3 is 0 Å². The summed E-state index contributed by atoms with van der Waals surface area (Å²) >= 11 is 1.62. The number of carbonyl (C=O) groups is 1. The highest BCUT2D eigenvalue weighted by atomic mass is 32.2. The summed E-state index contributed by atoms with van der Waals surface area (Å²) in [6.45, 7) is 5.08. The number of amides is 1. The zero-order valence-corrected chi connectivity index (χ0v) is 16.1. The summed E-state index contributed by atoms with van der Waals surface area (Å²) in [5.41, 5.74) is 3.37. The molecule has 4 nitrogen and oxygen atoms in total. The molecule has 2 aromatic rings. The van der Waals surface area contributed by atoms with Crippen LogP contribution >= 0.6 is 11.8 Å². The first-order valence-corrected chi connectivity index (χ1v) is 10.1. The monoisotopic (exact) mass is 371 g/mol. The van der Waals surface area contributed by atoms with Crippen molar-refractivity contribution in [2.45, 2.75) is 38.7 Å². The van der Waals surface area contributed by atoms with Gasteiger partial charge < -0.3 is 14.8 Å². The molecule has 0 saturated heterocycles. The van der Waals surface area contributed by atoms with Gasteiger partial charge in [-0.2, -0.15) is 0 Å². The number of nitrogens with one attached hydrogen (secondary N) is 1. The summed E-state index contributed by atoms with van der Waals surface area (Å²) in [5, 5.41) is 2.99. The molecule has 1 atom stereocenters. The lowest BCUT2D eigenvalue weighted by molar-refractivity contribution is -0.118. The first-order chi connectivity index (χ1) is 12.7. The van der Waals surface area contributed by atoms with E-state index in [4.69, 9.17) is 9.47 Å². The Morgan fingerprint density at radius 2 is 2.12 bits per heavy atom. The second kappa shape index (κ2) is 8.99. The van der Waals surface area contributed by atoms with E-state index >= 15 is 0 Å². The fourth-order valence-electron chi connectivity index (χ4n) is 2.99. The van der Waals surface area contributed by atoms with E-state index in [1.165, 1.54) is 11.1 Å². The van der Waals surface area contributed by atoms with Gasteiger partial charge in [0.05, 0.1) is 12.4 Å². The molecule has 26 heavy (non-hydrogen) atoms. The second-order valence-electron chi connectivity index (χ2n) is 6.39. The van der Waals surface area contributed by atoms with Crippen molar-refractivity contribution in [2.24, 2.45) is 0 Å². The van der Waals surface area contributed by atoms with Crippen LogP contribution in [-0.2, 0) is 23.5 Å². The van der Waals surface area contributed by atoms with Crippen LogP contribution in [0.25, 0.3) is 0 Å². The van der Waals surface area contributed by atoms with Crippen LogP contribution in [-0.4, -0.2) is 24.4 Å². The molecule has 138 valence electrons. The van der Waals surface area contributed by atoms with Crippen LogP contribution < -0.4 is 14.8 Å². The van der Waals surface area contributed by atoms with Crippen LogP contribution in [0.4, 0.5) is 0 Å². The van der Waals surface area contributed by atoms with E-state index in [-0.39, 0.29) is 12.0 Å². The van der Waals surface area contributed by atoms with E-state index in [1.54, 1.807) is 11.8 Å². The Bertz CT molecular complexity index is 748. The third-order valence-corrected chi connectivity index (χ3v) is 5.20. The molecular formula is C21H25NO3S. The van der Waals surface area contributed by atoms with E-state index < -0.39 is 0 Å². The number of fused-ring (bicyclic) bond motifs is 1. The van der Waals surface area contributed by atoms with Gasteiger partial charge in [0, 0.05) is 29.8 Å². The molecule has 0 bridgehead atoms. The predicted octanol–water partition coefficient (Wildman–Crippen LogP) is 3.96. The number of ether oxygens (including phenoxy) is 2. The average molecular weight is 372 g/mol. The maximum atomic E-state index is 12.2. The molecule has 0 fully saturated rings. The molecule has 0 aromatic heterocycles. The Kier molecular flexibility index (Phi) is 6.45. The van der Waals surface area contributed by atoms with Crippen molar-refractivity contribution in [1.82, 2.24) is 5.32 Å². The standard InChI is InChI=1S/C21H25NO3S/c1-3-24-19-10-17-9-15(2)25-20(17)11-18(19)12-22-21(23)14-26-13-16-7-5-4-6-8-16/h4-8,10-11,15H,3,9,12-14H2,1-2H3,(H,22,23)/t15-/m1/s1. The van der Waals surface area contributed by atoms with Crippen molar-refractivity contribution in [3.05, 3.63) is 59.2 Å². The third kappa shape index (κ3) is 4.94. The molecule has 1 N–H and O–H groups in total. The molecule has 0 saturated carbocycles. The highest BCUT2D eigenvalue weighted by molar-refractivity contribution is 7.99. The Labute approximate surface area is 159 Å². The van der Waals surface area contributed by atoms with Gasteiger partial charge in [0.15, 0.2) is 0 Å². The van der Waals surface area contributed by atoms with Crippen LogP contribution in [0.5, 0.6) is 11.5 Å². The van der Waals surface area contributed by atoms with E-state index in [9.17, 15) is 4.79 Å². The minimum Gasteiger partial charge on any atom is -0.494 e. The number of thioether (sulfide) groups is 1. The predicted molar refractivity (Wildman–Crippen MR) is 106 cm³/mol. The summed E-state index contributed by atoms with van der Waals surface area (Å²) in [4.78, 5) is 12.2. The van der Waals surface area contributed by atoms with Crippen molar-refractivity contribution in [3.8, 4) is 11.5 Å². The molecular weight excluding hydrogens is 346 g/mol. The molecule has 1 heterocycles.